The Bertz CT molecular complexity index is 439. The van der Waals surface area contributed by atoms with E-state index >= 15 is 0 Å². The Morgan fingerprint density at radius 3 is 2.00 bits per heavy atom. The number of nitrogens with one attached hydrogen (secondary N) is 1. The van der Waals surface area contributed by atoms with Crippen molar-refractivity contribution in [2.75, 3.05) is 18.1 Å². The Kier molecular flexibility index (Phi) is 9.17. The zero-order chi connectivity index (χ0) is 19.0. The van der Waals surface area contributed by atoms with Crippen molar-refractivity contribution in [3.63, 3.8) is 0 Å². The molecule has 0 aliphatic carbocycles. The standard InChI is InChI=1S/C16H29NO6S/c1-8-21-13(19)11(17-14(20)23-16(5,6)7)9-24-10-12(18)22-15(2,3)4/h11H,8-10H2,1-7H3,(H,17,20)/t11-/m1/s1. The van der Waals surface area contributed by atoms with Gasteiger partial charge in [0.2, 0.25) is 0 Å². The smallest absolute Gasteiger partial charge is 0.408 e. The van der Waals surface area contributed by atoms with E-state index in [1.807, 2.05) is 0 Å². The molecule has 1 N–H and O–H groups in total. The maximum Gasteiger partial charge on any atom is 0.408 e. The van der Waals surface area contributed by atoms with E-state index in [1.54, 1.807) is 48.5 Å². The third-order valence-electron chi connectivity index (χ3n) is 2.19. The van der Waals surface area contributed by atoms with Gasteiger partial charge in [-0.1, -0.05) is 0 Å². The van der Waals surface area contributed by atoms with Crippen LogP contribution in [0, 0.1) is 0 Å². The number of hydrogen-bond donors (Lipinski definition) is 1. The van der Waals surface area contributed by atoms with E-state index in [0.29, 0.717) is 0 Å². The van der Waals surface area contributed by atoms with Gasteiger partial charge in [0.1, 0.15) is 17.2 Å². The second kappa shape index (κ2) is 9.76. The van der Waals surface area contributed by atoms with Gasteiger partial charge in [-0.25, -0.2) is 9.59 Å². The average Bonchev–Trinajstić information content (AvgIpc) is 2.33. The van der Waals surface area contributed by atoms with Crippen molar-refractivity contribution < 1.29 is 28.6 Å². The van der Waals surface area contributed by atoms with Gasteiger partial charge in [0.25, 0.3) is 0 Å². The zero-order valence-corrected chi connectivity index (χ0v) is 16.4. The molecule has 0 aromatic carbocycles. The van der Waals surface area contributed by atoms with Gasteiger partial charge in [-0.15, -0.1) is 11.8 Å². The topological polar surface area (TPSA) is 90.9 Å². The summed E-state index contributed by atoms with van der Waals surface area (Å²) in [5.41, 5.74) is -1.24. The van der Waals surface area contributed by atoms with Crippen molar-refractivity contribution in [1.82, 2.24) is 5.32 Å². The van der Waals surface area contributed by atoms with Gasteiger partial charge in [-0.3, -0.25) is 4.79 Å². The number of rotatable bonds is 7. The van der Waals surface area contributed by atoms with E-state index < -0.39 is 29.3 Å². The first-order valence-corrected chi connectivity index (χ1v) is 8.95. The molecule has 140 valence electrons. The summed E-state index contributed by atoms with van der Waals surface area (Å²) in [5.74, 6) is -0.701. The highest BCUT2D eigenvalue weighted by Crippen LogP contribution is 2.12. The Hall–Kier alpha value is -1.44. The van der Waals surface area contributed by atoms with Crippen molar-refractivity contribution in [3.05, 3.63) is 0 Å². The number of amides is 1. The molecule has 0 bridgehead atoms. The number of esters is 2. The van der Waals surface area contributed by atoms with Crippen LogP contribution in [0.3, 0.4) is 0 Å². The molecule has 7 nitrogen and oxygen atoms in total. The lowest BCUT2D eigenvalue weighted by molar-refractivity contribution is -0.151. The molecule has 0 saturated heterocycles. The van der Waals surface area contributed by atoms with Crippen molar-refractivity contribution in [1.29, 1.82) is 0 Å². The normalized spacial score (nSPS) is 13.0. The minimum absolute atomic E-state index is 0.0726. The van der Waals surface area contributed by atoms with Crippen LogP contribution in [0.25, 0.3) is 0 Å². The van der Waals surface area contributed by atoms with Crippen LogP contribution in [0.15, 0.2) is 0 Å². The van der Waals surface area contributed by atoms with Crippen molar-refractivity contribution in [2.45, 2.75) is 65.7 Å². The predicted octanol–water partition coefficient (Wildman–Crippen LogP) is 2.52. The molecular weight excluding hydrogens is 334 g/mol. The number of ether oxygens (including phenoxy) is 3. The molecule has 0 aliphatic heterocycles. The number of alkyl carbamates (subject to hydrolysis) is 1. The van der Waals surface area contributed by atoms with E-state index in [0.717, 1.165) is 0 Å². The second-order valence-corrected chi connectivity index (χ2v) is 8.08. The number of carbonyl (C=O) groups excluding carboxylic acids is 3. The molecule has 0 aliphatic rings. The maximum absolute atomic E-state index is 11.9. The molecule has 1 atom stereocenters. The first kappa shape index (κ1) is 22.6. The molecule has 8 heteroatoms. The summed E-state index contributed by atoms with van der Waals surface area (Å²) in [6.07, 6.45) is -0.710. The summed E-state index contributed by atoms with van der Waals surface area (Å²) in [7, 11) is 0. The number of carbonyl (C=O) groups is 3. The first-order chi connectivity index (χ1) is 10.8. The molecule has 0 heterocycles. The van der Waals surface area contributed by atoms with Gasteiger partial charge in [-0.2, -0.15) is 0 Å². The van der Waals surface area contributed by atoms with E-state index in [2.05, 4.69) is 5.32 Å². The molecule has 0 aromatic rings. The maximum atomic E-state index is 11.9. The van der Waals surface area contributed by atoms with Crippen LogP contribution in [0.5, 0.6) is 0 Å². The molecular formula is C16H29NO6S. The molecule has 0 rings (SSSR count). The Balaban J connectivity index is 4.55. The summed E-state index contributed by atoms with van der Waals surface area (Å²) in [5, 5.41) is 2.47. The minimum Gasteiger partial charge on any atom is -0.464 e. The summed E-state index contributed by atoms with van der Waals surface area (Å²) in [6, 6.07) is -0.896. The summed E-state index contributed by atoms with van der Waals surface area (Å²) < 4.78 is 15.3. The highest BCUT2D eigenvalue weighted by atomic mass is 32.2. The first-order valence-electron chi connectivity index (χ1n) is 7.80. The third-order valence-corrected chi connectivity index (χ3v) is 3.20. The monoisotopic (exact) mass is 363 g/mol. The summed E-state index contributed by atoms with van der Waals surface area (Å²) in [4.78, 5) is 35.4. The Morgan fingerprint density at radius 1 is 1.00 bits per heavy atom. The van der Waals surface area contributed by atoms with Gasteiger partial charge in [-0.05, 0) is 48.5 Å². The van der Waals surface area contributed by atoms with Crippen molar-refractivity contribution in [2.24, 2.45) is 0 Å². The van der Waals surface area contributed by atoms with Crippen LogP contribution in [-0.4, -0.2) is 53.4 Å². The fourth-order valence-electron chi connectivity index (χ4n) is 1.49. The van der Waals surface area contributed by atoms with Crippen molar-refractivity contribution >= 4 is 29.8 Å². The molecule has 0 aromatic heterocycles. The molecule has 0 spiro atoms. The predicted molar refractivity (Wildman–Crippen MR) is 93.0 cm³/mol. The molecule has 0 saturated carbocycles. The van der Waals surface area contributed by atoms with E-state index in [9.17, 15) is 14.4 Å². The second-order valence-electron chi connectivity index (χ2n) is 7.05. The van der Waals surface area contributed by atoms with E-state index in [4.69, 9.17) is 14.2 Å². The van der Waals surface area contributed by atoms with Gasteiger partial charge in [0.15, 0.2) is 0 Å². The van der Waals surface area contributed by atoms with Crippen LogP contribution in [0.2, 0.25) is 0 Å². The van der Waals surface area contributed by atoms with Gasteiger partial charge in [0, 0.05) is 5.75 Å². The Labute approximate surface area is 148 Å². The highest BCUT2D eigenvalue weighted by Gasteiger charge is 2.26. The fourth-order valence-corrected chi connectivity index (χ4v) is 2.29. The molecule has 0 radical (unpaired) electrons. The lowest BCUT2D eigenvalue weighted by atomic mass is 10.2. The summed E-state index contributed by atoms with van der Waals surface area (Å²) >= 11 is 1.18. The SMILES string of the molecule is CCOC(=O)[C@@H](CSCC(=O)OC(C)(C)C)NC(=O)OC(C)(C)C. The van der Waals surface area contributed by atoms with Gasteiger partial charge in [0.05, 0.1) is 12.4 Å². The molecule has 24 heavy (non-hydrogen) atoms. The highest BCUT2D eigenvalue weighted by molar-refractivity contribution is 8.00. The van der Waals surface area contributed by atoms with Crippen LogP contribution >= 0.6 is 11.8 Å². The number of thioether (sulfide) groups is 1. The van der Waals surface area contributed by atoms with Crippen LogP contribution < -0.4 is 5.32 Å². The van der Waals surface area contributed by atoms with Crippen molar-refractivity contribution in [3.8, 4) is 0 Å². The van der Waals surface area contributed by atoms with Gasteiger partial charge >= 0.3 is 18.0 Å². The van der Waals surface area contributed by atoms with Crippen LogP contribution in [0.1, 0.15) is 48.5 Å². The minimum atomic E-state index is -0.896. The van der Waals surface area contributed by atoms with Crippen LogP contribution in [-0.2, 0) is 23.8 Å². The Morgan fingerprint density at radius 2 is 1.54 bits per heavy atom. The number of hydrogen-bond acceptors (Lipinski definition) is 7. The summed E-state index contributed by atoms with van der Waals surface area (Å²) in [6.45, 7) is 12.4. The quantitative estimate of drug-likeness (QED) is 0.549. The van der Waals surface area contributed by atoms with Gasteiger partial charge < -0.3 is 19.5 Å². The molecule has 0 unspecified atom stereocenters. The molecule has 0 fully saturated rings. The van der Waals surface area contributed by atoms with Crippen LogP contribution in [0.4, 0.5) is 4.79 Å². The largest absolute Gasteiger partial charge is 0.464 e. The lowest BCUT2D eigenvalue weighted by Crippen LogP contribution is -2.46. The fraction of sp³-hybridized carbons (Fsp3) is 0.812. The van der Waals surface area contributed by atoms with E-state index in [-0.39, 0.29) is 24.1 Å². The zero-order valence-electron chi connectivity index (χ0n) is 15.6. The lowest BCUT2D eigenvalue weighted by Gasteiger charge is -2.23. The third kappa shape index (κ3) is 12.0. The van der Waals surface area contributed by atoms with E-state index in [1.165, 1.54) is 11.8 Å². The molecule has 1 amide bonds. The average molecular weight is 363 g/mol.